The van der Waals surface area contributed by atoms with Gasteiger partial charge in [0.1, 0.15) is 11.4 Å². The number of hydrogen-bond donors (Lipinski definition) is 4. The number of aromatic nitrogens is 2. The van der Waals surface area contributed by atoms with Gasteiger partial charge in [-0.2, -0.15) is 9.97 Å². The van der Waals surface area contributed by atoms with Crippen molar-refractivity contribution < 1.29 is 9.84 Å². The van der Waals surface area contributed by atoms with Gasteiger partial charge in [0, 0.05) is 25.2 Å². The van der Waals surface area contributed by atoms with Crippen LogP contribution < -0.4 is 26.0 Å². The number of aliphatic hydroxyl groups is 1. The topological polar surface area (TPSA) is 109 Å². The van der Waals surface area contributed by atoms with Crippen molar-refractivity contribution in [3.8, 4) is 5.75 Å². The summed E-state index contributed by atoms with van der Waals surface area (Å²) in [6.45, 7) is 7.97. The van der Waals surface area contributed by atoms with E-state index in [1.807, 2.05) is 29.2 Å². The SMILES string of the molecule is COc1ccc(CNc2nc(NC(C)(C)C)nc(N3CCC(O)C3)c2N)cc1. The van der Waals surface area contributed by atoms with Crippen molar-refractivity contribution in [3.63, 3.8) is 0 Å². The van der Waals surface area contributed by atoms with Crippen LogP contribution in [0.2, 0.25) is 0 Å². The lowest BCUT2D eigenvalue weighted by atomic mass is 10.1. The third-order valence-corrected chi connectivity index (χ3v) is 4.49. The highest BCUT2D eigenvalue weighted by molar-refractivity contribution is 5.77. The number of benzene rings is 1. The summed E-state index contributed by atoms with van der Waals surface area (Å²) in [7, 11) is 1.65. The quantitative estimate of drug-likeness (QED) is 0.600. The molecule has 1 aliphatic rings. The average Bonchev–Trinajstić information content (AvgIpc) is 3.07. The van der Waals surface area contributed by atoms with E-state index in [4.69, 9.17) is 10.5 Å². The maximum atomic E-state index is 9.90. The van der Waals surface area contributed by atoms with Crippen LogP contribution in [-0.2, 0) is 6.54 Å². The maximum absolute atomic E-state index is 9.90. The number of nitrogens with two attached hydrogens (primary N) is 1. The van der Waals surface area contributed by atoms with Crippen LogP contribution in [0.5, 0.6) is 5.75 Å². The molecule has 1 aliphatic heterocycles. The fourth-order valence-electron chi connectivity index (χ4n) is 3.09. The largest absolute Gasteiger partial charge is 0.497 e. The van der Waals surface area contributed by atoms with Crippen molar-refractivity contribution in [1.82, 2.24) is 9.97 Å². The lowest BCUT2D eigenvalue weighted by Gasteiger charge is -2.25. The van der Waals surface area contributed by atoms with E-state index in [9.17, 15) is 5.11 Å². The smallest absolute Gasteiger partial charge is 0.227 e. The number of rotatable bonds is 6. The Morgan fingerprint density at radius 1 is 1.25 bits per heavy atom. The molecule has 1 atom stereocenters. The Bertz CT molecular complexity index is 804. The van der Waals surface area contributed by atoms with Gasteiger partial charge in [-0.15, -0.1) is 0 Å². The Balaban J connectivity index is 1.85. The highest BCUT2D eigenvalue weighted by atomic mass is 16.5. The zero-order chi connectivity index (χ0) is 20.3. The Morgan fingerprint density at radius 2 is 1.96 bits per heavy atom. The number of nitrogens with one attached hydrogen (secondary N) is 2. The molecule has 8 nitrogen and oxygen atoms in total. The van der Waals surface area contributed by atoms with Gasteiger partial charge < -0.3 is 31.1 Å². The van der Waals surface area contributed by atoms with E-state index in [1.54, 1.807) is 7.11 Å². The number of methoxy groups -OCH3 is 1. The molecule has 1 fully saturated rings. The molecule has 1 aromatic heterocycles. The molecule has 5 N–H and O–H groups in total. The average molecular weight is 387 g/mol. The van der Waals surface area contributed by atoms with Gasteiger partial charge in [0.05, 0.1) is 13.2 Å². The summed E-state index contributed by atoms with van der Waals surface area (Å²) >= 11 is 0. The van der Waals surface area contributed by atoms with Gasteiger partial charge in [-0.3, -0.25) is 0 Å². The van der Waals surface area contributed by atoms with Crippen molar-refractivity contribution in [3.05, 3.63) is 29.8 Å². The molecule has 2 aromatic rings. The van der Waals surface area contributed by atoms with E-state index in [-0.39, 0.29) is 11.6 Å². The molecule has 28 heavy (non-hydrogen) atoms. The summed E-state index contributed by atoms with van der Waals surface area (Å²) in [4.78, 5) is 11.2. The van der Waals surface area contributed by atoms with Crippen LogP contribution in [0, 0.1) is 0 Å². The number of anilines is 4. The van der Waals surface area contributed by atoms with Crippen LogP contribution >= 0.6 is 0 Å². The second kappa shape index (κ2) is 8.10. The van der Waals surface area contributed by atoms with Crippen molar-refractivity contribution in [2.45, 2.75) is 45.4 Å². The molecule has 0 bridgehead atoms. The maximum Gasteiger partial charge on any atom is 0.227 e. The van der Waals surface area contributed by atoms with Gasteiger partial charge in [-0.1, -0.05) is 12.1 Å². The van der Waals surface area contributed by atoms with Gasteiger partial charge >= 0.3 is 0 Å². The fraction of sp³-hybridized carbons (Fsp3) is 0.500. The van der Waals surface area contributed by atoms with Crippen LogP contribution in [0.3, 0.4) is 0 Å². The Hall–Kier alpha value is -2.74. The minimum atomic E-state index is -0.357. The molecule has 152 valence electrons. The molecule has 1 unspecified atom stereocenters. The molecular formula is C20H30N6O2. The van der Waals surface area contributed by atoms with E-state index < -0.39 is 0 Å². The highest BCUT2D eigenvalue weighted by Crippen LogP contribution is 2.32. The van der Waals surface area contributed by atoms with E-state index in [0.717, 1.165) is 17.9 Å². The van der Waals surface area contributed by atoms with Crippen molar-refractivity contribution in [1.29, 1.82) is 0 Å². The monoisotopic (exact) mass is 386 g/mol. The first-order valence-electron chi connectivity index (χ1n) is 9.50. The summed E-state index contributed by atoms with van der Waals surface area (Å²) in [6.07, 6.45) is 0.351. The van der Waals surface area contributed by atoms with E-state index in [1.165, 1.54) is 0 Å². The molecule has 3 rings (SSSR count). The van der Waals surface area contributed by atoms with Gasteiger partial charge in [0.15, 0.2) is 11.6 Å². The zero-order valence-corrected chi connectivity index (χ0v) is 17.0. The normalized spacial score (nSPS) is 16.9. The molecule has 0 spiro atoms. The van der Waals surface area contributed by atoms with Gasteiger partial charge in [0.25, 0.3) is 0 Å². The number of aliphatic hydroxyl groups excluding tert-OH is 1. The van der Waals surface area contributed by atoms with Gasteiger partial charge in [-0.05, 0) is 44.9 Å². The number of hydrogen-bond acceptors (Lipinski definition) is 8. The summed E-state index contributed by atoms with van der Waals surface area (Å²) in [5.41, 5.74) is 7.78. The molecule has 1 saturated heterocycles. The molecule has 0 saturated carbocycles. The molecule has 2 heterocycles. The number of nitrogens with zero attached hydrogens (tertiary/aromatic N) is 3. The van der Waals surface area contributed by atoms with Gasteiger partial charge in [-0.25, -0.2) is 0 Å². The molecule has 0 amide bonds. The van der Waals surface area contributed by atoms with Gasteiger partial charge in [0.2, 0.25) is 5.95 Å². The van der Waals surface area contributed by atoms with Crippen LogP contribution in [0.1, 0.15) is 32.8 Å². The zero-order valence-electron chi connectivity index (χ0n) is 17.0. The van der Waals surface area contributed by atoms with Crippen LogP contribution in [0.4, 0.5) is 23.3 Å². The Kier molecular flexibility index (Phi) is 5.79. The summed E-state index contributed by atoms with van der Waals surface area (Å²) in [5, 5.41) is 16.5. The van der Waals surface area contributed by atoms with Crippen molar-refractivity contribution >= 4 is 23.3 Å². The first-order valence-corrected chi connectivity index (χ1v) is 9.50. The molecule has 0 aliphatic carbocycles. The molecule has 8 heteroatoms. The third kappa shape index (κ3) is 4.95. The van der Waals surface area contributed by atoms with Crippen LogP contribution in [0.15, 0.2) is 24.3 Å². The minimum Gasteiger partial charge on any atom is -0.497 e. The van der Waals surface area contributed by atoms with Crippen molar-refractivity contribution in [2.24, 2.45) is 0 Å². The second-order valence-electron chi connectivity index (χ2n) is 8.10. The summed E-state index contributed by atoms with van der Waals surface area (Å²) < 4.78 is 5.20. The number of nitrogen functional groups attached to an aromatic ring is 1. The first-order chi connectivity index (χ1) is 13.2. The summed E-state index contributed by atoms with van der Waals surface area (Å²) in [6, 6.07) is 7.83. The van der Waals surface area contributed by atoms with E-state index in [2.05, 4.69) is 41.4 Å². The second-order valence-corrected chi connectivity index (χ2v) is 8.10. The Labute approximate surface area is 166 Å². The highest BCUT2D eigenvalue weighted by Gasteiger charge is 2.26. The predicted octanol–water partition coefficient (Wildman–Crippen LogP) is 2.46. The standard InChI is InChI=1S/C20H30N6O2/c1-20(2,3)25-19-23-17(22-11-13-5-7-15(28-4)8-6-13)16(21)18(24-19)26-10-9-14(27)12-26/h5-8,14,27H,9-12,21H2,1-4H3,(H2,22,23,24,25). The molecule has 0 radical (unpaired) electrons. The van der Waals surface area contributed by atoms with Crippen LogP contribution in [-0.4, -0.2) is 46.9 Å². The fourth-order valence-corrected chi connectivity index (χ4v) is 3.09. The van der Waals surface area contributed by atoms with Crippen LogP contribution in [0.25, 0.3) is 0 Å². The minimum absolute atomic E-state index is 0.189. The lowest BCUT2D eigenvalue weighted by molar-refractivity contribution is 0.198. The first kappa shape index (κ1) is 20.0. The Morgan fingerprint density at radius 3 is 2.54 bits per heavy atom. The van der Waals surface area contributed by atoms with Crippen molar-refractivity contribution in [2.75, 3.05) is 41.5 Å². The third-order valence-electron chi connectivity index (χ3n) is 4.49. The van der Waals surface area contributed by atoms with E-state index in [0.29, 0.717) is 42.8 Å². The molecule has 1 aromatic carbocycles. The predicted molar refractivity (Wildman–Crippen MR) is 113 cm³/mol. The lowest BCUT2D eigenvalue weighted by Crippen LogP contribution is -2.29. The van der Waals surface area contributed by atoms with E-state index >= 15 is 0 Å². The summed E-state index contributed by atoms with van der Waals surface area (Å²) in [5.74, 6) is 2.55. The molecular weight excluding hydrogens is 356 g/mol. The number of β-amino-alcohol motifs (C(OH)–C–C–N with tert-alkyl or cyclic N) is 1. The number of ether oxygens (including phenoxy) is 1.